The van der Waals surface area contributed by atoms with Gasteiger partial charge in [0, 0.05) is 36.9 Å². The van der Waals surface area contributed by atoms with Gasteiger partial charge in [-0.2, -0.15) is 0 Å². The average Bonchev–Trinajstić information content (AvgIpc) is 3.44. The van der Waals surface area contributed by atoms with Gasteiger partial charge in [0.2, 0.25) is 0 Å². The number of pyridine rings is 1. The fourth-order valence-corrected chi connectivity index (χ4v) is 3.94. The topological polar surface area (TPSA) is 129 Å². The summed E-state index contributed by atoms with van der Waals surface area (Å²) in [5.74, 6) is -0.726. The molecule has 30 heavy (non-hydrogen) atoms. The van der Waals surface area contributed by atoms with E-state index in [1.165, 1.54) is 18.3 Å². The number of hydrogen-bond acceptors (Lipinski definition) is 8. The van der Waals surface area contributed by atoms with Crippen molar-refractivity contribution in [1.29, 1.82) is 0 Å². The predicted octanol–water partition coefficient (Wildman–Crippen LogP) is 1.32. The molecule has 8 atom stereocenters. The Morgan fingerprint density at radius 3 is 2.60 bits per heavy atom. The summed E-state index contributed by atoms with van der Waals surface area (Å²) in [7, 11) is 0. The number of halogens is 1. The van der Waals surface area contributed by atoms with Gasteiger partial charge in [0.25, 0.3) is 0 Å². The van der Waals surface area contributed by atoms with E-state index in [9.17, 15) is 24.9 Å². The summed E-state index contributed by atoms with van der Waals surface area (Å²) in [5.41, 5.74) is 0.301. The van der Waals surface area contributed by atoms with Crippen LogP contribution in [0.1, 0.15) is 49.9 Å². The van der Waals surface area contributed by atoms with E-state index in [0.29, 0.717) is 12.0 Å². The van der Waals surface area contributed by atoms with Gasteiger partial charge in [-0.1, -0.05) is 18.5 Å². The Balaban J connectivity index is 1.51. The molecule has 2 fully saturated rings. The molecule has 3 rings (SSSR count). The van der Waals surface area contributed by atoms with Crippen LogP contribution in [-0.4, -0.2) is 74.6 Å². The quantitative estimate of drug-likeness (QED) is 0.226. The van der Waals surface area contributed by atoms with Gasteiger partial charge < -0.3 is 24.8 Å². The number of Topliss-reactive ketones (excluding diaryl/α,β-unsaturated/α-hetero) is 2. The number of epoxide rings is 1. The summed E-state index contributed by atoms with van der Waals surface area (Å²) < 4.78 is 11.5. The molecule has 1 aromatic rings. The molecule has 2 aliphatic heterocycles. The SMILES string of the molecule is C[C@H]([C@@H]1O[C@H]1C[C@@H]1O[C@H](CC(=O)CC(=O)c2ccc(Cl)nc2)C[C@@H](O)[C@H]1O)[C@H](C)O. The smallest absolute Gasteiger partial charge is 0.171 e. The molecule has 0 radical (unpaired) electrons. The fraction of sp³-hybridized carbons (Fsp3) is 0.667. The first kappa shape index (κ1) is 23.2. The summed E-state index contributed by atoms with van der Waals surface area (Å²) >= 11 is 5.70. The van der Waals surface area contributed by atoms with Crippen molar-refractivity contribution >= 4 is 23.2 Å². The number of aromatic nitrogens is 1. The zero-order valence-electron chi connectivity index (χ0n) is 17.0. The highest BCUT2D eigenvalue weighted by molar-refractivity contribution is 6.29. The van der Waals surface area contributed by atoms with Crippen molar-refractivity contribution in [2.45, 2.75) is 82.3 Å². The van der Waals surface area contributed by atoms with Gasteiger partial charge in [-0.15, -0.1) is 0 Å². The fourth-order valence-electron chi connectivity index (χ4n) is 3.83. The lowest BCUT2D eigenvalue weighted by atomic mass is 9.90. The van der Waals surface area contributed by atoms with E-state index in [1.807, 2.05) is 6.92 Å². The molecule has 0 unspecified atom stereocenters. The normalized spacial score (nSPS) is 33.0. The van der Waals surface area contributed by atoms with Crippen LogP contribution in [0, 0.1) is 5.92 Å². The van der Waals surface area contributed by atoms with Crippen LogP contribution in [0.15, 0.2) is 18.3 Å². The summed E-state index contributed by atoms with van der Waals surface area (Å²) in [4.78, 5) is 28.4. The molecule has 0 aliphatic carbocycles. The maximum Gasteiger partial charge on any atom is 0.171 e. The second-order valence-corrected chi connectivity index (χ2v) is 8.66. The highest BCUT2D eigenvalue weighted by Gasteiger charge is 2.48. The Labute approximate surface area is 180 Å². The number of aliphatic hydroxyl groups is 3. The molecule has 0 spiro atoms. The molecular weight excluding hydrogens is 414 g/mol. The van der Waals surface area contributed by atoms with Crippen LogP contribution in [0.3, 0.4) is 0 Å². The third-order valence-corrected chi connectivity index (χ3v) is 6.10. The molecule has 3 N–H and O–H groups in total. The molecule has 9 heteroatoms. The molecule has 3 heterocycles. The average molecular weight is 442 g/mol. The lowest BCUT2D eigenvalue weighted by molar-refractivity contribution is -0.174. The lowest BCUT2D eigenvalue weighted by Crippen LogP contribution is -2.49. The van der Waals surface area contributed by atoms with E-state index >= 15 is 0 Å². The molecule has 8 nitrogen and oxygen atoms in total. The Hall–Kier alpha value is -1.42. The highest BCUT2D eigenvalue weighted by Crippen LogP contribution is 2.37. The predicted molar refractivity (Wildman–Crippen MR) is 107 cm³/mol. The van der Waals surface area contributed by atoms with E-state index < -0.39 is 30.5 Å². The Morgan fingerprint density at radius 1 is 1.23 bits per heavy atom. The zero-order valence-corrected chi connectivity index (χ0v) is 17.7. The van der Waals surface area contributed by atoms with Gasteiger partial charge in [0.15, 0.2) is 5.78 Å². The number of carbonyl (C=O) groups excluding carboxylic acids is 2. The zero-order chi connectivity index (χ0) is 22.0. The first-order valence-corrected chi connectivity index (χ1v) is 10.5. The minimum absolute atomic E-state index is 0.0356. The van der Waals surface area contributed by atoms with Gasteiger partial charge in [0.05, 0.1) is 43.0 Å². The van der Waals surface area contributed by atoms with Crippen LogP contribution in [-0.2, 0) is 14.3 Å². The van der Waals surface area contributed by atoms with Crippen molar-refractivity contribution in [3.05, 3.63) is 29.0 Å². The van der Waals surface area contributed by atoms with Crippen LogP contribution in [0.25, 0.3) is 0 Å². The summed E-state index contributed by atoms with van der Waals surface area (Å²) in [6.45, 7) is 3.58. The van der Waals surface area contributed by atoms with Crippen LogP contribution >= 0.6 is 11.6 Å². The highest BCUT2D eigenvalue weighted by atomic mass is 35.5. The largest absolute Gasteiger partial charge is 0.393 e. The summed E-state index contributed by atoms with van der Waals surface area (Å²) in [6.07, 6.45) is -2.72. The van der Waals surface area contributed by atoms with Crippen LogP contribution < -0.4 is 0 Å². The Bertz CT molecular complexity index is 756. The number of carbonyl (C=O) groups is 2. The summed E-state index contributed by atoms with van der Waals surface area (Å²) in [6, 6.07) is 3.00. The maximum atomic E-state index is 12.4. The molecule has 0 saturated carbocycles. The number of hydrogen-bond donors (Lipinski definition) is 3. The van der Waals surface area contributed by atoms with E-state index in [1.54, 1.807) is 6.92 Å². The van der Waals surface area contributed by atoms with Crippen molar-refractivity contribution in [2.75, 3.05) is 0 Å². The van der Waals surface area contributed by atoms with Gasteiger partial charge in [-0.05, 0) is 19.1 Å². The van der Waals surface area contributed by atoms with Crippen molar-refractivity contribution in [1.82, 2.24) is 4.98 Å². The first-order valence-electron chi connectivity index (χ1n) is 10.2. The minimum Gasteiger partial charge on any atom is -0.393 e. The standard InChI is InChI=1S/C21H28ClNO7/c1-10(11(2)24)21-18(30-21)8-17-20(28)16(27)7-14(29-17)5-13(25)6-15(26)12-3-4-19(22)23-9-12/h3-4,9-11,14,16-18,20-21,24,27-28H,5-8H2,1-2H3/t10-,11-,14+,16+,17-,18-,20+,21-/m0/s1. The minimum atomic E-state index is -1.08. The van der Waals surface area contributed by atoms with Gasteiger partial charge in [-0.3, -0.25) is 9.59 Å². The number of ketones is 2. The number of aliphatic hydroxyl groups excluding tert-OH is 3. The van der Waals surface area contributed by atoms with E-state index in [-0.39, 0.29) is 54.1 Å². The molecular formula is C21H28ClNO7. The lowest BCUT2D eigenvalue weighted by Gasteiger charge is -2.37. The van der Waals surface area contributed by atoms with Crippen LogP contribution in [0.2, 0.25) is 5.15 Å². The number of rotatable bonds is 9. The second kappa shape index (κ2) is 9.80. The van der Waals surface area contributed by atoms with E-state index in [4.69, 9.17) is 21.1 Å². The Morgan fingerprint density at radius 2 is 1.97 bits per heavy atom. The molecule has 0 amide bonds. The second-order valence-electron chi connectivity index (χ2n) is 8.28. The monoisotopic (exact) mass is 441 g/mol. The first-order chi connectivity index (χ1) is 14.2. The van der Waals surface area contributed by atoms with Crippen molar-refractivity contribution < 1.29 is 34.4 Å². The summed E-state index contributed by atoms with van der Waals surface area (Å²) in [5, 5.41) is 30.4. The molecule has 0 bridgehead atoms. The van der Waals surface area contributed by atoms with Crippen molar-refractivity contribution in [3.8, 4) is 0 Å². The van der Waals surface area contributed by atoms with E-state index in [0.717, 1.165) is 0 Å². The van der Waals surface area contributed by atoms with E-state index in [2.05, 4.69) is 4.98 Å². The van der Waals surface area contributed by atoms with Crippen molar-refractivity contribution in [3.63, 3.8) is 0 Å². The molecule has 166 valence electrons. The van der Waals surface area contributed by atoms with Crippen LogP contribution in [0.5, 0.6) is 0 Å². The number of nitrogens with zero attached hydrogens (tertiary/aromatic N) is 1. The van der Waals surface area contributed by atoms with Gasteiger partial charge in [0.1, 0.15) is 17.0 Å². The van der Waals surface area contributed by atoms with Gasteiger partial charge in [-0.25, -0.2) is 4.98 Å². The third-order valence-electron chi connectivity index (χ3n) is 5.87. The maximum absolute atomic E-state index is 12.4. The van der Waals surface area contributed by atoms with Gasteiger partial charge >= 0.3 is 0 Å². The molecule has 2 aliphatic rings. The van der Waals surface area contributed by atoms with Crippen molar-refractivity contribution in [2.24, 2.45) is 5.92 Å². The molecule has 2 saturated heterocycles. The van der Waals surface area contributed by atoms with Crippen LogP contribution in [0.4, 0.5) is 0 Å². The number of ether oxygens (including phenoxy) is 2. The molecule has 1 aromatic heterocycles. The third kappa shape index (κ3) is 5.84. The molecule has 0 aromatic carbocycles. The Kier molecular flexibility index (Phi) is 7.60.